The zero-order chi connectivity index (χ0) is 16.4. The zero-order valence-corrected chi connectivity index (χ0v) is 13.7. The van der Waals surface area contributed by atoms with E-state index in [2.05, 4.69) is 25.3 Å². The summed E-state index contributed by atoms with van der Waals surface area (Å²) in [6, 6.07) is 10.8. The summed E-state index contributed by atoms with van der Waals surface area (Å²) in [5.74, 6) is 0.357. The average Bonchev–Trinajstić information content (AvgIpc) is 3.00. The third kappa shape index (κ3) is 3.44. The van der Waals surface area contributed by atoms with E-state index in [1.165, 1.54) is 18.2 Å². The van der Waals surface area contributed by atoms with Crippen LogP contribution in [0.15, 0.2) is 47.4 Å². The number of aromatic nitrogens is 4. The first-order valence-electron chi connectivity index (χ1n) is 6.27. The van der Waals surface area contributed by atoms with Crippen LogP contribution < -0.4 is 4.72 Å². The molecule has 7 nitrogen and oxygen atoms in total. The smallest absolute Gasteiger partial charge is 0.263 e. The van der Waals surface area contributed by atoms with Gasteiger partial charge >= 0.3 is 0 Å². The summed E-state index contributed by atoms with van der Waals surface area (Å²) >= 11 is 11.7. The van der Waals surface area contributed by atoms with Crippen molar-refractivity contribution >= 4 is 38.9 Å². The molecule has 0 spiro atoms. The summed E-state index contributed by atoms with van der Waals surface area (Å²) in [5.41, 5.74) is 0.958. The average molecular weight is 370 g/mol. The first-order valence-corrected chi connectivity index (χ1v) is 8.51. The van der Waals surface area contributed by atoms with Gasteiger partial charge in [-0.2, -0.15) is 5.21 Å². The molecular weight excluding hydrogens is 361 g/mol. The molecule has 2 N–H and O–H groups in total. The lowest BCUT2D eigenvalue weighted by Gasteiger charge is -2.10. The Balaban J connectivity index is 1.93. The van der Waals surface area contributed by atoms with Crippen LogP contribution in [-0.2, 0) is 10.0 Å². The Hall–Kier alpha value is -2.16. The second-order valence-corrected chi connectivity index (χ2v) is 6.99. The number of sulfonamides is 1. The van der Waals surface area contributed by atoms with Crippen LogP contribution in [0.3, 0.4) is 0 Å². The van der Waals surface area contributed by atoms with Crippen LogP contribution >= 0.6 is 23.2 Å². The van der Waals surface area contributed by atoms with Crippen LogP contribution in [0.4, 0.5) is 5.69 Å². The minimum Gasteiger partial charge on any atom is -0.280 e. The second-order valence-electron chi connectivity index (χ2n) is 4.50. The van der Waals surface area contributed by atoms with Crippen LogP contribution in [0, 0.1) is 0 Å². The largest absolute Gasteiger partial charge is 0.280 e. The molecule has 1 aromatic heterocycles. The Labute approximate surface area is 141 Å². The van der Waals surface area contributed by atoms with Crippen LogP contribution in [0.1, 0.15) is 0 Å². The SMILES string of the molecule is O=S(=O)(Nc1cccc(-c2nn[nH]n2)c1)c1ccc(Cl)cc1Cl. The number of nitrogens with one attached hydrogen (secondary N) is 2. The van der Waals surface area contributed by atoms with Crippen LogP contribution in [0.5, 0.6) is 0 Å². The maximum atomic E-state index is 12.4. The maximum Gasteiger partial charge on any atom is 0.263 e. The molecule has 0 bridgehead atoms. The highest BCUT2D eigenvalue weighted by Gasteiger charge is 2.18. The molecule has 0 aliphatic heterocycles. The summed E-state index contributed by atoms with van der Waals surface area (Å²) in [4.78, 5) is -0.0615. The summed E-state index contributed by atoms with van der Waals surface area (Å²) in [5, 5.41) is 13.9. The molecule has 0 radical (unpaired) electrons. The van der Waals surface area contributed by atoms with Crippen molar-refractivity contribution in [2.24, 2.45) is 0 Å². The predicted octanol–water partition coefficient (Wildman–Crippen LogP) is 2.97. The van der Waals surface area contributed by atoms with Gasteiger partial charge in [-0.1, -0.05) is 35.3 Å². The molecule has 0 saturated heterocycles. The van der Waals surface area contributed by atoms with E-state index in [1.54, 1.807) is 24.3 Å². The molecule has 10 heteroatoms. The first-order chi connectivity index (χ1) is 11.0. The van der Waals surface area contributed by atoms with Gasteiger partial charge in [0.05, 0.1) is 5.02 Å². The van der Waals surface area contributed by atoms with Crippen molar-refractivity contribution in [2.75, 3.05) is 4.72 Å². The molecule has 0 amide bonds. The number of anilines is 1. The molecule has 0 saturated carbocycles. The molecule has 0 atom stereocenters. The zero-order valence-electron chi connectivity index (χ0n) is 11.4. The Morgan fingerprint density at radius 3 is 2.61 bits per heavy atom. The Morgan fingerprint density at radius 2 is 1.91 bits per heavy atom. The van der Waals surface area contributed by atoms with E-state index in [-0.39, 0.29) is 9.92 Å². The van der Waals surface area contributed by atoms with Gasteiger partial charge in [0.1, 0.15) is 4.90 Å². The molecule has 0 fully saturated rings. The second kappa shape index (κ2) is 6.15. The molecule has 2 aromatic carbocycles. The molecule has 118 valence electrons. The summed E-state index contributed by atoms with van der Waals surface area (Å²) in [7, 11) is -3.85. The number of hydrogen-bond acceptors (Lipinski definition) is 5. The lowest BCUT2D eigenvalue weighted by atomic mass is 10.2. The van der Waals surface area contributed by atoms with Crippen molar-refractivity contribution in [1.29, 1.82) is 0 Å². The lowest BCUT2D eigenvalue weighted by molar-refractivity contribution is 0.601. The number of halogens is 2. The van der Waals surface area contributed by atoms with E-state index in [0.29, 0.717) is 22.1 Å². The quantitative estimate of drug-likeness (QED) is 0.735. The maximum absolute atomic E-state index is 12.4. The number of H-pyrrole nitrogens is 1. The predicted molar refractivity (Wildman–Crippen MR) is 86.9 cm³/mol. The molecular formula is C13H9Cl2N5O2S. The number of rotatable bonds is 4. The van der Waals surface area contributed by atoms with Crippen molar-refractivity contribution in [1.82, 2.24) is 20.6 Å². The standard InChI is InChI=1S/C13H9Cl2N5O2S/c14-9-4-5-12(11(15)7-9)23(21,22)18-10-3-1-2-8(6-10)13-16-19-20-17-13/h1-7,18H,(H,16,17,19,20). The van der Waals surface area contributed by atoms with Crippen molar-refractivity contribution in [3.05, 3.63) is 52.5 Å². The van der Waals surface area contributed by atoms with Crippen LogP contribution in [-0.4, -0.2) is 29.0 Å². The van der Waals surface area contributed by atoms with E-state index >= 15 is 0 Å². The fourth-order valence-electron chi connectivity index (χ4n) is 1.91. The van der Waals surface area contributed by atoms with Gasteiger partial charge in [0, 0.05) is 16.3 Å². The minimum absolute atomic E-state index is 0.0410. The van der Waals surface area contributed by atoms with Gasteiger partial charge < -0.3 is 0 Å². The van der Waals surface area contributed by atoms with Gasteiger partial charge in [-0.05, 0) is 35.5 Å². The van der Waals surface area contributed by atoms with E-state index in [4.69, 9.17) is 23.2 Å². The van der Waals surface area contributed by atoms with E-state index in [9.17, 15) is 8.42 Å². The molecule has 3 aromatic rings. The number of nitrogens with zero attached hydrogens (tertiary/aromatic N) is 3. The molecule has 3 rings (SSSR count). The normalized spacial score (nSPS) is 11.4. The third-order valence-electron chi connectivity index (χ3n) is 2.90. The molecule has 0 unspecified atom stereocenters. The van der Waals surface area contributed by atoms with Crippen molar-refractivity contribution in [3.8, 4) is 11.4 Å². The Bertz CT molecular complexity index is 945. The first kappa shape index (κ1) is 15.7. The van der Waals surface area contributed by atoms with Crippen molar-refractivity contribution in [2.45, 2.75) is 4.90 Å². The van der Waals surface area contributed by atoms with E-state index in [1.807, 2.05) is 0 Å². The lowest BCUT2D eigenvalue weighted by Crippen LogP contribution is -2.13. The molecule has 1 heterocycles. The highest BCUT2D eigenvalue weighted by atomic mass is 35.5. The van der Waals surface area contributed by atoms with Gasteiger partial charge in [-0.15, -0.1) is 10.2 Å². The van der Waals surface area contributed by atoms with Gasteiger partial charge in [-0.25, -0.2) is 8.42 Å². The van der Waals surface area contributed by atoms with E-state index < -0.39 is 10.0 Å². The third-order valence-corrected chi connectivity index (χ3v) is 5.00. The van der Waals surface area contributed by atoms with Crippen molar-refractivity contribution < 1.29 is 8.42 Å². The fraction of sp³-hybridized carbons (Fsp3) is 0. The summed E-state index contributed by atoms with van der Waals surface area (Å²) in [6.07, 6.45) is 0. The van der Waals surface area contributed by atoms with Crippen LogP contribution in [0.2, 0.25) is 10.0 Å². The molecule has 23 heavy (non-hydrogen) atoms. The summed E-state index contributed by atoms with van der Waals surface area (Å²) in [6.45, 7) is 0. The monoisotopic (exact) mass is 369 g/mol. The minimum atomic E-state index is -3.85. The number of aromatic amines is 1. The summed E-state index contributed by atoms with van der Waals surface area (Å²) < 4.78 is 27.3. The van der Waals surface area contributed by atoms with Gasteiger partial charge in [-0.3, -0.25) is 4.72 Å². The molecule has 0 aliphatic carbocycles. The number of tetrazole rings is 1. The van der Waals surface area contributed by atoms with E-state index in [0.717, 1.165) is 0 Å². The topological polar surface area (TPSA) is 101 Å². The van der Waals surface area contributed by atoms with Gasteiger partial charge in [0.25, 0.3) is 10.0 Å². The van der Waals surface area contributed by atoms with Gasteiger partial charge in [0.2, 0.25) is 5.82 Å². The highest BCUT2D eigenvalue weighted by Crippen LogP contribution is 2.27. The van der Waals surface area contributed by atoms with Crippen molar-refractivity contribution in [3.63, 3.8) is 0 Å². The molecule has 0 aliphatic rings. The van der Waals surface area contributed by atoms with Crippen LogP contribution in [0.25, 0.3) is 11.4 Å². The number of benzene rings is 2. The highest BCUT2D eigenvalue weighted by molar-refractivity contribution is 7.92. The van der Waals surface area contributed by atoms with Gasteiger partial charge in [0.15, 0.2) is 0 Å². The fourth-order valence-corrected chi connectivity index (χ4v) is 3.73. The Kier molecular flexibility index (Phi) is 4.20. The number of hydrogen-bond donors (Lipinski definition) is 2. The Morgan fingerprint density at radius 1 is 1.09 bits per heavy atom.